The SMILES string of the molecule is C=CC(=O)O/C=C\Oc1ccc(-c2ccc(-c3ccc(OC(=O)C(=C)C)cc3)cc2F)cc1F. The number of benzene rings is 3. The Morgan fingerprint density at radius 2 is 1.50 bits per heavy atom. The summed E-state index contributed by atoms with van der Waals surface area (Å²) < 4.78 is 44.1. The minimum atomic E-state index is -0.722. The van der Waals surface area contributed by atoms with Crippen LogP contribution in [0.15, 0.2) is 98.0 Å². The first kappa shape index (κ1) is 24.1. The molecule has 0 radical (unpaired) electrons. The van der Waals surface area contributed by atoms with Gasteiger partial charge in [-0.2, -0.15) is 0 Å². The van der Waals surface area contributed by atoms with E-state index in [0.717, 1.165) is 24.7 Å². The van der Waals surface area contributed by atoms with Gasteiger partial charge < -0.3 is 14.2 Å². The second kappa shape index (κ2) is 10.9. The smallest absolute Gasteiger partial charge is 0.338 e. The quantitative estimate of drug-likeness (QED) is 0.169. The van der Waals surface area contributed by atoms with E-state index in [-0.39, 0.29) is 16.9 Å². The molecule has 3 rings (SSSR count). The lowest BCUT2D eigenvalue weighted by atomic mass is 9.99. The number of rotatable bonds is 8. The number of hydrogen-bond acceptors (Lipinski definition) is 5. The molecule has 0 aromatic heterocycles. The van der Waals surface area contributed by atoms with E-state index in [1.54, 1.807) is 43.3 Å². The minimum absolute atomic E-state index is 0.126. The third-order valence-corrected chi connectivity index (χ3v) is 4.56. The molecular weight excluding hydrogens is 442 g/mol. The van der Waals surface area contributed by atoms with Crippen LogP contribution in [-0.4, -0.2) is 11.9 Å². The molecule has 3 aromatic carbocycles. The van der Waals surface area contributed by atoms with Crippen LogP contribution >= 0.6 is 0 Å². The third-order valence-electron chi connectivity index (χ3n) is 4.56. The fourth-order valence-corrected chi connectivity index (χ4v) is 2.85. The van der Waals surface area contributed by atoms with Crippen LogP contribution in [-0.2, 0) is 14.3 Å². The zero-order valence-corrected chi connectivity index (χ0v) is 18.2. The summed E-state index contributed by atoms with van der Waals surface area (Å²) in [6.07, 6.45) is 2.92. The van der Waals surface area contributed by atoms with Crippen molar-refractivity contribution in [2.24, 2.45) is 0 Å². The van der Waals surface area contributed by atoms with Crippen molar-refractivity contribution in [3.63, 3.8) is 0 Å². The summed E-state index contributed by atoms with van der Waals surface area (Å²) >= 11 is 0. The number of ether oxygens (including phenoxy) is 3. The molecule has 0 amide bonds. The standard InChI is InChI=1S/C27H20F2O5/c1-4-26(30)33-14-13-32-25-12-8-20(16-24(25)29)22-11-7-19(15-23(22)28)18-5-9-21(10-6-18)34-27(31)17(2)3/h4-16H,1-2H2,3H3/b14-13-. The van der Waals surface area contributed by atoms with Gasteiger partial charge in [0.1, 0.15) is 24.1 Å². The van der Waals surface area contributed by atoms with Crippen LogP contribution in [0.1, 0.15) is 6.92 Å². The van der Waals surface area contributed by atoms with E-state index in [4.69, 9.17) is 9.47 Å². The van der Waals surface area contributed by atoms with Crippen molar-refractivity contribution in [3.8, 4) is 33.8 Å². The summed E-state index contributed by atoms with van der Waals surface area (Å²) in [5.41, 5.74) is 2.11. The lowest BCUT2D eigenvalue weighted by molar-refractivity contribution is -0.132. The Bertz CT molecular complexity index is 1280. The van der Waals surface area contributed by atoms with Crippen LogP contribution in [0.4, 0.5) is 8.78 Å². The van der Waals surface area contributed by atoms with Crippen molar-refractivity contribution in [1.82, 2.24) is 0 Å². The summed E-state index contributed by atoms with van der Waals surface area (Å²) in [6.45, 7) is 8.31. The number of halogens is 2. The highest BCUT2D eigenvalue weighted by atomic mass is 19.1. The maximum absolute atomic E-state index is 14.9. The Hall–Kier alpha value is -4.52. The lowest BCUT2D eigenvalue weighted by Gasteiger charge is -2.09. The molecule has 0 saturated heterocycles. The summed E-state index contributed by atoms with van der Waals surface area (Å²) in [4.78, 5) is 22.5. The van der Waals surface area contributed by atoms with Crippen LogP contribution < -0.4 is 9.47 Å². The third kappa shape index (κ3) is 6.04. The average molecular weight is 462 g/mol. The highest BCUT2D eigenvalue weighted by Crippen LogP contribution is 2.31. The fraction of sp³-hybridized carbons (Fsp3) is 0.0370. The van der Waals surface area contributed by atoms with Crippen LogP contribution in [0.2, 0.25) is 0 Å². The molecule has 0 bridgehead atoms. The van der Waals surface area contributed by atoms with Crippen molar-refractivity contribution >= 4 is 11.9 Å². The molecule has 34 heavy (non-hydrogen) atoms. The molecule has 0 unspecified atom stereocenters. The zero-order valence-electron chi connectivity index (χ0n) is 18.2. The molecule has 0 aliphatic heterocycles. The van der Waals surface area contributed by atoms with E-state index in [1.165, 1.54) is 18.2 Å². The molecule has 0 spiro atoms. The van der Waals surface area contributed by atoms with Gasteiger partial charge in [-0.05, 0) is 53.9 Å². The second-order valence-electron chi connectivity index (χ2n) is 7.07. The van der Waals surface area contributed by atoms with Gasteiger partial charge in [-0.3, -0.25) is 0 Å². The fourth-order valence-electron chi connectivity index (χ4n) is 2.85. The molecule has 0 atom stereocenters. The van der Waals surface area contributed by atoms with E-state index < -0.39 is 23.6 Å². The molecule has 0 fully saturated rings. The van der Waals surface area contributed by atoms with Gasteiger partial charge in [0.05, 0.1) is 0 Å². The lowest BCUT2D eigenvalue weighted by Crippen LogP contribution is -2.07. The Morgan fingerprint density at radius 1 is 0.853 bits per heavy atom. The van der Waals surface area contributed by atoms with Crippen LogP contribution in [0.5, 0.6) is 11.5 Å². The number of esters is 2. The second-order valence-corrected chi connectivity index (χ2v) is 7.07. The normalized spacial score (nSPS) is 10.6. The van der Waals surface area contributed by atoms with Crippen molar-refractivity contribution in [1.29, 1.82) is 0 Å². The van der Waals surface area contributed by atoms with Crippen molar-refractivity contribution in [3.05, 3.63) is 110 Å². The Balaban J connectivity index is 1.74. The van der Waals surface area contributed by atoms with Crippen molar-refractivity contribution < 1.29 is 32.6 Å². The predicted octanol–water partition coefficient (Wildman–Crippen LogP) is 6.36. The number of carbonyl (C=O) groups excluding carboxylic acids is 2. The molecule has 0 N–H and O–H groups in total. The van der Waals surface area contributed by atoms with E-state index in [0.29, 0.717) is 22.4 Å². The molecule has 0 saturated carbocycles. The molecule has 0 heterocycles. The summed E-state index contributed by atoms with van der Waals surface area (Å²) in [7, 11) is 0. The number of hydrogen-bond donors (Lipinski definition) is 0. The first-order valence-electron chi connectivity index (χ1n) is 10.0. The zero-order chi connectivity index (χ0) is 24.7. The van der Waals surface area contributed by atoms with Gasteiger partial charge >= 0.3 is 11.9 Å². The molecular formula is C27H20F2O5. The van der Waals surface area contributed by atoms with Gasteiger partial charge in [0.25, 0.3) is 0 Å². The van der Waals surface area contributed by atoms with Crippen molar-refractivity contribution in [2.75, 3.05) is 0 Å². The Morgan fingerprint density at radius 3 is 2.12 bits per heavy atom. The van der Waals surface area contributed by atoms with E-state index in [2.05, 4.69) is 17.9 Å². The van der Waals surface area contributed by atoms with Crippen LogP contribution in [0.25, 0.3) is 22.3 Å². The predicted molar refractivity (Wildman–Crippen MR) is 124 cm³/mol. The Labute approximate surface area is 195 Å². The van der Waals surface area contributed by atoms with Gasteiger partial charge in [0.2, 0.25) is 0 Å². The molecule has 3 aromatic rings. The topological polar surface area (TPSA) is 61.8 Å². The van der Waals surface area contributed by atoms with Gasteiger partial charge in [-0.25, -0.2) is 18.4 Å². The summed E-state index contributed by atoms with van der Waals surface area (Å²) in [6, 6.07) is 15.2. The van der Waals surface area contributed by atoms with E-state index in [9.17, 15) is 18.4 Å². The van der Waals surface area contributed by atoms with Gasteiger partial charge in [-0.1, -0.05) is 43.5 Å². The molecule has 172 valence electrons. The van der Waals surface area contributed by atoms with Gasteiger partial charge in [-0.15, -0.1) is 0 Å². The largest absolute Gasteiger partial charge is 0.459 e. The van der Waals surface area contributed by atoms with Crippen molar-refractivity contribution in [2.45, 2.75) is 6.92 Å². The first-order chi connectivity index (χ1) is 16.3. The van der Waals surface area contributed by atoms with Gasteiger partial charge in [0.15, 0.2) is 11.6 Å². The molecule has 7 heteroatoms. The maximum Gasteiger partial charge on any atom is 0.338 e. The highest BCUT2D eigenvalue weighted by Gasteiger charge is 2.12. The first-order valence-corrected chi connectivity index (χ1v) is 10.0. The minimum Gasteiger partial charge on any atom is -0.459 e. The molecule has 0 aliphatic carbocycles. The van der Waals surface area contributed by atoms with E-state index >= 15 is 0 Å². The van der Waals surface area contributed by atoms with E-state index in [1.807, 2.05) is 0 Å². The van der Waals surface area contributed by atoms with Crippen LogP contribution in [0.3, 0.4) is 0 Å². The van der Waals surface area contributed by atoms with Crippen LogP contribution in [0, 0.1) is 11.6 Å². The average Bonchev–Trinajstić information content (AvgIpc) is 2.82. The Kier molecular flexibility index (Phi) is 7.71. The maximum atomic E-state index is 14.9. The highest BCUT2D eigenvalue weighted by molar-refractivity contribution is 5.88. The van der Waals surface area contributed by atoms with Gasteiger partial charge in [0, 0.05) is 17.2 Å². The monoisotopic (exact) mass is 462 g/mol. The molecule has 0 aliphatic rings. The number of carbonyl (C=O) groups is 2. The molecule has 5 nitrogen and oxygen atoms in total. The summed E-state index contributed by atoms with van der Waals surface area (Å²) in [5.74, 6) is -2.25. The summed E-state index contributed by atoms with van der Waals surface area (Å²) in [5, 5.41) is 0.